The van der Waals surface area contributed by atoms with Gasteiger partial charge in [-0.25, -0.2) is 0 Å². The topological polar surface area (TPSA) is 33.3 Å². The lowest BCUT2D eigenvalue weighted by Gasteiger charge is -2.09. The van der Waals surface area contributed by atoms with Crippen LogP contribution >= 0.6 is 0 Å². The van der Waals surface area contributed by atoms with Gasteiger partial charge in [0.2, 0.25) is 0 Å². The smallest absolute Gasteiger partial charge is 0.0587 e. The summed E-state index contributed by atoms with van der Waals surface area (Å²) in [4.78, 5) is 0. The molecule has 1 rings (SSSR count). The van der Waals surface area contributed by atoms with Crippen molar-refractivity contribution in [2.45, 2.75) is 25.7 Å². The molecule has 0 aromatic rings. The van der Waals surface area contributed by atoms with Gasteiger partial charge in [0, 0.05) is 13.7 Å². The Morgan fingerprint density at radius 2 is 2.00 bits per heavy atom. The van der Waals surface area contributed by atoms with Gasteiger partial charge in [-0.2, -0.15) is 0 Å². The molecule has 0 bridgehead atoms. The zero-order valence-corrected chi connectivity index (χ0v) is 10.5. The molecule has 3 heteroatoms. The minimum absolute atomic E-state index is 0.807. The second kappa shape index (κ2) is 9.82. The lowest BCUT2D eigenvalue weighted by molar-refractivity contribution is 0.199. The maximum Gasteiger partial charge on any atom is 0.0587 e. The van der Waals surface area contributed by atoms with Crippen LogP contribution < -0.4 is 10.6 Å². The molecule has 1 aliphatic carbocycles. The van der Waals surface area contributed by atoms with Crippen molar-refractivity contribution in [2.75, 3.05) is 39.9 Å². The number of nitrogens with one attached hydrogen (secondary N) is 2. The van der Waals surface area contributed by atoms with Crippen molar-refractivity contribution < 1.29 is 4.74 Å². The van der Waals surface area contributed by atoms with Gasteiger partial charge in [-0.3, -0.25) is 0 Å². The van der Waals surface area contributed by atoms with Crippen LogP contribution in [0.4, 0.5) is 0 Å². The lowest BCUT2D eigenvalue weighted by Crippen LogP contribution is -2.25. The van der Waals surface area contributed by atoms with Crippen molar-refractivity contribution in [1.82, 2.24) is 10.6 Å². The standard InChI is InChI=1S/C13H26N2O/c1-16-12-11-15-9-4-8-14-10-7-13-5-2-3-6-13/h2,5,13-15H,3-4,6-12H2,1H3. The fourth-order valence-electron chi connectivity index (χ4n) is 1.99. The van der Waals surface area contributed by atoms with Crippen LogP contribution in [-0.2, 0) is 4.74 Å². The van der Waals surface area contributed by atoms with Crippen molar-refractivity contribution >= 4 is 0 Å². The highest BCUT2D eigenvalue weighted by Gasteiger charge is 2.07. The summed E-state index contributed by atoms with van der Waals surface area (Å²) in [7, 11) is 1.74. The maximum atomic E-state index is 4.96. The van der Waals surface area contributed by atoms with Crippen LogP contribution in [0.15, 0.2) is 12.2 Å². The van der Waals surface area contributed by atoms with E-state index in [1.54, 1.807) is 7.11 Å². The predicted octanol–water partition coefficient (Wildman–Crippen LogP) is 1.56. The molecule has 0 aromatic carbocycles. The van der Waals surface area contributed by atoms with Gasteiger partial charge >= 0.3 is 0 Å². The Balaban J connectivity index is 1.73. The van der Waals surface area contributed by atoms with Gasteiger partial charge in [-0.05, 0) is 51.2 Å². The molecule has 0 fully saturated rings. The highest BCUT2D eigenvalue weighted by atomic mass is 16.5. The average Bonchev–Trinajstić information content (AvgIpc) is 2.80. The number of methoxy groups -OCH3 is 1. The van der Waals surface area contributed by atoms with Crippen molar-refractivity contribution in [3.05, 3.63) is 12.2 Å². The average molecular weight is 226 g/mol. The Morgan fingerprint density at radius 1 is 1.19 bits per heavy atom. The Hall–Kier alpha value is -0.380. The summed E-state index contributed by atoms with van der Waals surface area (Å²) in [5, 5.41) is 6.84. The number of hydrogen-bond acceptors (Lipinski definition) is 3. The third kappa shape index (κ3) is 6.99. The minimum Gasteiger partial charge on any atom is -0.383 e. The fourth-order valence-corrected chi connectivity index (χ4v) is 1.99. The van der Waals surface area contributed by atoms with Crippen molar-refractivity contribution in [3.63, 3.8) is 0 Å². The van der Waals surface area contributed by atoms with E-state index in [1.807, 2.05) is 0 Å². The molecule has 0 aliphatic heterocycles. The number of allylic oxidation sites excluding steroid dienone is 2. The molecule has 1 unspecified atom stereocenters. The molecule has 0 saturated heterocycles. The van der Waals surface area contributed by atoms with E-state index in [2.05, 4.69) is 22.8 Å². The molecule has 0 saturated carbocycles. The second-order valence-corrected chi connectivity index (χ2v) is 4.40. The minimum atomic E-state index is 0.807. The largest absolute Gasteiger partial charge is 0.383 e. The van der Waals surface area contributed by atoms with E-state index in [1.165, 1.54) is 25.7 Å². The molecule has 0 spiro atoms. The molecule has 2 N–H and O–H groups in total. The van der Waals surface area contributed by atoms with E-state index >= 15 is 0 Å². The highest BCUT2D eigenvalue weighted by Crippen LogP contribution is 2.19. The summed E-state index contributed by atoms with van der Waals surface area (Å²) in [5.41, 5.74) is 0. The quantitative estimate of drug-likeness (QED) is 0.438. The molecule has 0 radical (unpaired) electrons. The van der Waals surface area contributed by atoms with Crippen LogP contribution in [0.1, 0.15) is 25.7 Å². The first kappa shape index (κ1) is 13.7. The van der Waals surface area contributed by atoms with Gasteiger partial charge in [0.25, 0.3) is 0 Å². The third-order valence-electron chi connectivity index (χ3n) is 2.99. The summed E-state index contributed by atoms with van der Waals surface area (Å²) in [6.45, 7) is 5.13. The Labute approximate surface area is 99.6 Å². The summed E-state index contributed by atoms with van der Waals surface area (Å²) >= 11 is 0. The maximum absolute atomic E-state index is 4.96. The van der Waals surface area contributed by atoms with Crippen LogP contribution in [0.5, 0.6) is 0 Å². The molecule has 1 atom stereocenters. The predicted molar refractivity (Wildman–Crippen MR) is 68.7 cm³/mol. The lowest BCUT2D eigenvalue weighted by atomic mass is 10.1. The summed E-state index contributed by atoms with van der Waals surface area (Å²) < 4.78 is 4.96. The van der Waals surface area contributed by atoms with E-state index in [9.17, 15) is 0 Å². The van der Waals surface area contributed by atoms with Crippen LogP contribution in [-0.4, -0.2) is 39.9 Å². The van der Waals surface area contributed by atoms with E-state index in [0.29, 0.717) is 0 Å². The van der Waals surface area contributed by atoms with Crippen molar-refractivity contribution in [2.24, 2.45) is 5.92 Å². The van der Waals surface area contributed by atoms with E-state index < -0.39 is 0 Å². The number of rotatable bonds is 10. The normalized spacial score (nSPS) is 19.4. The van der Waals surface area contributed by atoms with E-state index in [4.69, 9.17) is 4.74 Å². The van der Waals surface area contributed by atoms with Crippen LogP contribution in [0.25, 0.3) is 0 Å². The first-order chi connectivity index (χ1) is 7.93. The molecule has 1 aliphatic rings. The summed E-state index contributed by atoms with van der Waals surface area (Å²) in [6.07, 6.45) is 9.82. The number of hydrogen-bond donors (Lipinski definition) is 2. The van der Waals surface area contributed by atoms with Gasteiger partial charge in [0.15, 0.2) is 0 Å². The fraction of sp³-hybridized carbons (Fsp3) is 0.846. The number of ether oxygens (including phenoxy) is 1. The van der Waals surface area contributed by atoms with Gasteiger partial charge < -0.3 is 15.4 Å². The molecule has 3 nitrogen and oxygen atoms in total. The first-order valence-corrected chi connectivity index (χ1v) is 6.50. The molecular formula is C13H26N2O. The summed E-state index contributed by atoms with van der Waals surface area (Å²) in [5.74, 6) is 0.840. The molecule has 0 heterocycles. The Morgan fingerprint density at radius 3 is 2.69 bits per heavy atom. The molecule has 0 amide bonds. The Bertz CT molecular complexity index is 183. The van der Waals surface area contributed by atoms with Gasteiger partial charge in [0.05, 0.1) is 6.61 Å². The third-order valence-corrected chi connectivity index (χ3v) is 2.99. The zero-order valence-electron chi connectivity index (χ0n) is 10.5. The van der Waals surface area contributed by atoms with Gasteiger partial charge in [-0.1, -0.05) is 12.2 Å². The molecular weight excluding hydrogens is 200 g/mol. The van der Waals surface area contributed by atoms with E-state index in [0.717, 1.165) is 38.7 Å². The van der Waals surface area contributed by atoms with Gasteiger partial charge in [0.1, 0.15) is 0 Å². The van der Waals surface area contributed by atoms with Crippen molar-refractivity contribution in [3.8, 4) is 0 Å². The van der Waals surface area contributed by atoms with E-state index in [-0.39, 0.29) is 0 Å². The molecule has 94 valence electrons. The first-order valence-electron chi connectivity index (χ1n) is 6.50. The van der Waals surface area contributed by atoms with Crippen LogP contribution in [0.2, 0.25) is 0 Å². The summed E-state index contributed by atoms with van der Waals surface area (Å²) in [6, 6.07) is 0. The highest BCUT2D eigenvalue weighted by molar-refractivity contribution is 4.95. The second-order valence-electron chi connectivity index (χ2n) is 4.40. The zero-order chi connectivity index (χ0) is 11.5. The molecule has 16 heavy (non-hydrogen) atoms. The SMILES string of the molecule is COCCNCCCNCCC1C=CCC1. The monoisotopic (exact) mass is 226 g/mol. The van der Waals surface area contributed by atoms with Crippen LogP contribution in [0.3, 0.4) is 0 Å². The Kier molecular flexibility index (Phi) is 8.40. The van der Waals surface area contributed by atoms with Gasteiger partial charge in [-0.15, -0.1) is 0 Å². The molecule has 0 aromatic heterocycles. The van der Waals surface area contributed by atoms with Crippen LogP contribution in [0, 0.1) is 5.92 Å². The van der Waals surface area contributed by atoms with Crippen molar-refractivity contribution in [1.29, 1.82) is 0 Å².